The van der Waals surface area contributed by atoms with Crippen LogP contribution in [0, 0.1) is 3.57 Å². The van der Waals surface area contributed by atoms with Crippen LogP contribution in [0.2, 0.25) is 0 Å². The van der Waals surface area contributed by atoms with E-state index in [0.29, 0.717) is 0 Å². The lowest BCUT2D eigenvalue weighted by Crippen LogP contribution is -2.22. The third kappa shape index (κ3) is 3.51. The van der Waals surface area contributed by atoms with Gasteiger partial charge >= 0.3 is 0 Å². The molecule has 0 spiro atoms. The molecule has 0 aliphatic carbocycles. The summed E-state index contributed by atoms with van der Waals surface area (Å²) >= 11 is 5.90. The van der Waals surface area contributed by atoms with Crippen LogP contribution in [0.25, 0.3) is 0 Å². The Morgan fingerprint density at radius 1 is 1.29 bits per heavy atom. The Hall–Kier alpha value is 0.390. The highest BCUT2D eigenvalue weighted by molar-refractivity contribution is 14.1. The molecule has 0 N–H and O–H groups in total. The van der Waals surface area contributed by atoms with Crippen molar-refractivity contribution in [1.82, 2.24) is 4.90 Å². The van der Waals surface area contributed by atoms with E-state index in [4.69, 9.17) is 0 Å². The predicted octanol–water partition coefficient (Wildman–Crippen LogP) is 3.90. The highest BCUT2D eigenvalue weighted by Crippen LogP contribution is 2.19. The van der Waals surface area contributed by atoms with Crippen molar-refractivity contribution < 1.29 is 0 Å². The fourth-order valence-electron chi connectivity index (χ4n) is 1.35. The van der Waals surface area contributed by atoms with Gasteiger partial charge in [-0.1, -0.05) is 29.8 Å². The first-order valence-electron chi connectivity index (χ1n) is 4.83. The average Bonchev–Trinajstić information content (AvgIpc) is 2.19. The van der Waals surface area contributed by atoms with Crippen LogP contribution in [0.4, 0.5) is 0 Å². The summed E-state index contributed by atoms with van der Waals surface area (Å²) in [5.41, 5.74) is 1.41. The maximum atomic E-state index is 3.51. The van der Waals surface area contributed by atoms with E-state index in [-0.39, 0.29) is 0 Å². The van der Waals surface area contributed by atoms with Gasteiger partial charge in [-0.15, -0.1) is 0 Å². The van der Waals surface area contributed by atoms with Gasteiger partial charge in [-0.3, -0.25) is 4.90 Å². The zero-order valence-electron chi connectivity index (χ0n) is 8.56. The Morgan fingerprint density at radius 3 is 2.50 bits per heavy atom. The molecule has 1 nitrogen and oxygen atoms in total. The Labute approximate surface area is 108 Å². The number of halogens is 2. The van der Waals surface area contributed by atoms with E-state index < -0.39 is 0 Å². The van der Waals surface area contributed by atoms with E-state index in [9.17, 15) is 0 Å². The summed E-state index contributed by atoms with van der Waals surface area (Å²) in [7, 11) is 0. The van der Waals surface area contributed by atoms with Gasteiger partial charge in [0.15, 0.2) is 0 Å². The molecular weight excluding hydrogens is 353 g/mol. The first-order chi connectivity index (χ1) is 6.67. The molecule has 0 fully saturated rings. The summed E-state index contributed by atoms with van der Waals surface area (Å²) in [5, 5.41) is 0. The third-order valence-electron chi connectivity index (χ3n) is 2.30. The molecule has 0 amide bonds. The Balaban J connectivity index is 2.79. The zero-order chi connectivity index (χ0) is 10.6. The van der Waals surface area contributed by atoms with Crippen LogP contribution in [-0.2, 0) is 6.54 Å². The summed E-state index contributed by atoms with van der Waals surface area (Å²) in [6.07, 6.45) is 0. The molecule has 1 aromatic rings. The first kappa shape index (κ1) is 12.5. The summed E-state index contributed by atoms with van der Waals surface area (Å²) in [4.78, 5) is 2.42. The normalized spacial score (nSPS) is 10.9. The monoisotopic (exact) mass is 367 g/mol. The summed E-state index contributed by atoms with van der Waals surface area (Å²) in [5.74, 6) is 0. The number of benzene rings is 1. The molecule has 0 aliphatic rings. The van der Waals surface area contributed by atoms with Crippen molar-refractivity contribution in [2.45, 2.75) is 20.4 Å². The lowest BCUT2D eigenvalue weighted by atomic mass is 10.2. The van der Waals surface area contributed by atoms with E-state index >= 15 is 0 Å². The lowest BCUT2D eigenvalue weighted by molar-refractivity contribution is 0.295. The Bertz CT molecular complexity index is 297. The lowest BCUT2D eigenvalue weighted by Gasteiger charge is -2.18. The SMILES string of the molecule is CCN(CC)Cc1cc(Br)ccc1I. The Morgan fingerprint density at radius 2 is 1.93 bits per heavy atom. The molecule has 0 bridgehead atoms. The van der Waals surface area contributed by atoms with Crippen molar-refractivity contribution in [2.24, 2.45) is 0 Å². The molecule has 0 aromatic heterocycles. The minimum Gasteiger partial charge on any atom is -0.300 e. The quantitative estimate of drug-likeness (QED) is 0.729. The average molecular weight is 368 g/mol. The van der Waals surface area contributed by atoms with Gasteiger partial charge in [0.25, 0.3) is 0 Å². The topological polar surface area (TPSA) is 3.24 Å². The maximum absolute atomic E-state index is 3.51. The molecular formula is C11H15BrIN. The molecule has 3 heteroatoms. The van der Waals surface area contributed by atoms with E-state index in [1.165, 1.54) is 13.6 Å². The van der Waals surface area contributed by atoms with Gasteiger partial charge in [0.2, 0.25) is 0 Å². The van der Waals surface area contributed by atoms with Gasteiger partial charge in [0.05, 0.1) is 0 Å². The minimum atomic E-state index is 1.05. The van der Waals surface area contributed by atoms with Crippen molar-refractivity contribution in [2.75, 3.05) is 13.1 Å². The van der Waals surface area contributed by atoms with Crippen molar-refractivity contribution >= 4 is 38.5 Å². The van der Waals surface area contributed by atoms with Crippen LogP contribution < -0.4 is 0 Å². The molecule has 0 saturated heterocycles. The van der Waals surface area contributed by atoms with Crippen LogP contribution in [0.1, 0.15) is 19.4 Å². The van der Waals surface area contributed by atoms with Crippen molar-refractivity contribution in [1.29, 1.82) is 0 Å². The maximum Gasteiger partial charge on any atom is 0.0244 e. The van der Waals surface area contributed by atoms with Gasteiger partial charge in [-0.25, -0.2) is 0 Å². The van der Waals surface area contributed by atoms with Gasteiger partial charge < -0.3 is 0 Å². The van der Waals surface area contributed by atoms with E-state index in [1.54, 1.807) is 0 Å². The van der Waals surface area contributed by atoms with Crippen LogP contribution >= 0.6 is 38.5 Å². The Kier molecular flexibility index (Phi) is 5.41. The van der Waals surface area contributed by atoms with E-state index in [0.717, 1.165) is 19.6 Å². The van der Waals surface area contributed by atoms with Crippen LogP contribution in [-0.4, -0.2) is 18.0 Å². The van der Waals surface area contributed by atoms with Gasteiger partial charge in [0, 0.05) is 14.6 Å². The minimum absolute atomic E-state index is 1.05. The predicted molar refractivity (Wildman–Crippen MR) is 73.5 cm³/mol. The molecule has 0 aliphatic heterocycles. The molecule has 1 aromatic carbocycles. The smallest absolute Gasteiger partial charge is 0.0244 e. The second-order valence-electron chi connectivity index (χ2n) is 3.20. The van der Waals surface area contributed by atoms with Crippen molar-refractivity contribution in [3.63, 3.8) is 0 Å². The molecule has 78 valence electrons. The number of rotatable bonds is 4. The van der Waals surface area contributed by atoms with Crippen LogP contribution in [0.15, 0.2) is 22.7 Å². The molecule has 0 unspecified atom stereocenters. The molecule has 1 rings (SSSR count). The number of nitrogens with zero attached hydrogens (tertiary/aromatic N) is 1. The van der Waals surface area contributed by atoms with Crippen LogP contribution in [0.3, 0.4) is 0 Å². The largest absolute Gasteiger partial charge is 0.300 e. The standard InChI is InChI=1S/C11H15BrIN/c1-3-14(4-2)8-9-7-10(12)5-6-11(9)13/h5-7H,3-4,8H2,1-2H3. The highest BCUT2D eigenvalue weighted by atomic mass is 127. The summed E-state index contributed by atoms with van der Waals surface area (Å²) < 4.78 is 2.51. The van der Waals surface area contributed by atoms with Crippen LogP contribution in [0.5, 0.6) is 0 Å². The fourth-order valence-corrected chi connectivity index (χ4v) is 2.27. The number of hydrogen-bond acceptors (Lipinski definition) is 1. The number of hydrogen-bond donors (Lipinski definition) is 0. The van der Waals surface area contributed by atoms with Gasteiger partial charge in [-0.2, -0.15) is 0 Å². The molecule has 0 radical (unpaired) electrons. The molecule has 0 atom stereocenters. The fraction of sp³-hybridized carbons (Fsp3) is 0.455. The second-order valence-corrected chi connectivity index (χ2v) is 5.27. The van der Waals surface area contributed by atoms with E-state index in [1.807, 2.05) is 0 Å². The van der Waals surface area contributed by atoms with Gasteiger partial charge in [0.1, 0.15) is 0 Å². The van der Waals surface area contributed by atoms with Crippen molar-refractivity contribution in [3.8, 4) is 0 Å². The first-order valence-corrected chi connectivity index (χ1v) is 6.70. The second kappa shape index (κ2) is 6.08. The van der Waals surface area contributed by atoms with E-state index in [2.05, 4.69) is 75.5 Å². The summed E-state index contributed by atoms with van der Waals surface area (Å²) in [6, 6.07) is 6.46. The molecule has 14 heavy (non-hydrogen) atoms. The summed E-state index contributed by atoms with van der Waals surface area (Å²) in [6.45, 7) is 7.67. The molecule has 0 heterocycles. The zero-order valence-corrected chi connectivity index (χ0v) is 12.3. The van der Waals surface area contributed by atoms with Gasteiger partial charge in [-0.05, 0) is 59.4 Å². The highest BCUT2D eigenvalue weighted by Gasteiger charge is 2.04. The third-order valence-corrected chi connectivity index (χ3v) is 3.84. The van der Waals surface area contributed by atoms with Crippen molar-refractivity contribution in [3.05, 3.63) is 31.8 Å². The molecule has 0 saturated carbocycles.